The van der Waals surface area contributed by atoms with Gasteiger partial charge in [0.25, 0.3) is 0 Å². The largest absolute Gasteiger partial charge is 0.493 e. The van der Waals surface area contributed by atoms with Crippen molar-refractivity contribution in [3.05, 3.63) is 23.8 Å². The molecular weight excluding hydrogens is 432 g/mol. The molecule has 12 nitrogen and oxygen atoms in total. The number of rotatable bonds is 7. The lowest BCUT2D eigenvalue weighted by Gasteiger charge is -2.42. The molecule has 0 bridgehead atoms. The highest BCUT2D eigenvalue weighted by molar-refractivity contribution is 5.43. The Labute approximate surface area is 184 Å². The Kier molecular flexibility index (Phi) is 8.27. The molecule has 7 N–H and O–H groups in total. The summed E-state index contributed by atoms with van der Waals surface area (Å²) < 4.78 is 27.2. The van der Waals surface area contributed by atoms with Crippen LogP contribution in [0.1, 0.15) is 12.5 Å². The first-order valence-electron chi connectivity index (χ1n) is 10.1. The Hall–Kier alpha value is -1.58. The molecule has 1 aromatic rings. The van der Waals surface area contributed by atoms with Crippen LogP contribution in [0, 0.1) is 0 Å². The first-order valence-corrected chi connectivity index (χ1v) is 10.1. The molecule has 0 amide bonds. The molecule has 182 valence electrons. The van der Waals surface area contributed by atoms with Crippen LogP contribution in [-0.2, 0) is 20.8 Å². The van der Waals surface area contributed by atoms with Crippen molar-refractivity contribution in [2.24, 2.45) is 0 Å². The molecule has 3 rings (SSSR count). The maximum atomic E-state index is 10.3. The van der Waals surface area contributed by atoms with E-state index in [0.717, 1.165) is 0 Å². The second-order valence-electron chi connectivity index (χ2n) is 7.79. The molecule has 0 spiro atoms. The average Bonchev–Trinajstić information content (AvgIpc) is 2.80. The minimum atomic E-state index is -1.64. The fourth-order valence-corrected chi connectivity index (χ4v) is 3.53. The van der Waals surface area contributed by atoms with Crippen LogP contribution >= 0.6 is 0 Å². The summed E-state index contributed by atoms with van der Waals surface area (Å²) in [5.41, 5.74) is 0.564. The minimum Gasteiger partial charge on any atom is -0.493 e. The Morgan fingerprint density at radius 1 is 0.812 bits per heavy atom. The van der Waals surface area contributed by atoms with Crippen molar-refractivity contribution < 1.29 is 59.4 Å². The van der Waals surface area contributed by atoms with E-state index in [-0.39, 0.29) is 18.1 Å². The Balaban J connectivity index is 1.68. The first kappa shape index (κ1) is 25.1. The van der Waals surface area contributed by atoms with E-state index in [1.165, 1.54) is 26.2 Å². The van der Waals surface area contributed by atoms with Gasteiger partial charge in [0.15, 0.2) is 17.8 Å². The van der Waals surface area contributed by atoms with Crippen molar-refractivity contribution in [3.63, 3.8) is 0 Å². The van der Waals surface area contributed by atoms with Gasteiger partial charge in [-0.05, 0) is 24.6 Å². The quantitative estimate of drug-likeness (QED) is 0.221. The summed E-state index contributed by atoms with van der Waals surface area (Å²) in [6.45, 7) is 0.868. The second kappa shape index (κ2) is 10.6. The number of benzene rings is 1. The molecule has 2 fully saturated rings. The minimum absolute atomic E-state index is 0.161. The molecule has 12 heteroatoms. The van der Waals surface area contributed by atoms with E-state index >= 15 is 0 Å². The maximum Gasteiger partial charge on any atom is 0.229 e. The fraction of sp³-hybridized carbons (Fsp3) is 0.700. The van der Waals surface area contributed by atoms with Crippen molar-refractivity contribution in [3.8, 4) is 11.5 Å². The Morgan fingerprint density at radius 3 is 2.12 bits per heavy atom. The summed E-state index contributed by atoms with van der Waals surface area (Å²) in [4.78, 5) is 0. The predicted octanol–water partition coefficient (Wildman–Crippen LogP) is -2.78. The molecule has 2 aliphatic heterocycles. The van der Waals surface area contributed by atoms with Gasteiger partial charge in [-0.25, -0.2) is 0 Å². The van der Waals surface area contributed by atoms with Crippen LogP contribution in [0.2, 0.25) is 0 Å². The van der Waals surface area contributed by atoms with Crippen LogP contribution < -0.4 is 9.47 Å². The number of aliphatic hydroxyl groups excluding tert-OH is 7. The monoisotopic (exact) mass is 462 g/mol. The van der Waals surface area contributed by atoms with E-state index in [0.29, 0.717) is 5.56 Å². The maximum absolute atomic E-state index is 10.3. The topological polar surface area (TPSA) is 188 Å². The SMILES string of the molecule is COc1cc(CO)ccc1O[C@@H]1O[C@H](CO[C@@H]2O[C@@H](C)[C@H](O)[C@@H](O)[C@H]2O)[C@@H](O)[C@H](O)[C@H]1O. The molecule has 2 heterocycles. The summed E-state index contributed by atoms with van der Waals surface area (Å²) in [6.07, 6.45) is -13.9. The molecule has 0 radical (unpaired) electrons. The van der Waals surface area contributed by atoms with Gasteiger partial charge in [0, 0.05) is 0 Å². The third-order valence-corrected chi connectivity index (χ3v) is 5.56. The van der Waals surface area contributed by atoms with Gasteiger partial charge in [-0.1, -0.05) is 6.07 Å². The standard InChI is InChI=1S/C20H30O12/c1-8-13(22)15(24)17(26)19(30-8)29-7-12-14(23)16(25)18(27)20(32-12)31-10-4-3-9(6-21)5-11(10)28-2/h3-5,8,12-27H,6-7H2,1-2H3/t8-,12+,13-,14+,15+,16-,17+,18+,19+,20+/m0/s1. The van der Waals surface area contributed by atoms with E-state index < -0.39 is 68.0 Å². The van der Waals surface area contributed by atoms with E-state index in [2.05, 4.69) is 0 Å². The van der Waals surface area contributed by atoms with Crippen LogP contribution in [0.4, 0.5) is 0 Å². The zero-order valence-electron chi connectivity index (χ0n) is 17.6. The normalized spacial score (nSPS) is 40.2. The van der Waals surface area contributed by atoms with Gasteiger partial charge in [0.1, 0.15) is 42.7 Å². The van der Waals surface area contributed by atoms with Gasteiger partial charge in [-0.15, -0.1) is 0 Å². The number of methoxy groups -OCH3 is 1. The summed E-state index contributed by atoms with van der Waals surface area (Å²) in [6, 6.07) is 4.59. The summed E-state index contributed by atoms with van der Waals surface area (Å²) >= 11 is 0. The lowest BCUT2D eigenvalue weighted by atomic mass is 9.98. The average molecular weight is 462 g/mol. The van der Waals surface area contributed by atoms with E-state index in [1.807, 2.05) is 0 Å². The summed E-state index contributed by atoms with van der Waals surface area (Å²) in [7, 11) is 1.39. The highest BCUT2D eigenvalue weighted by atomic mass is 16.7. The third kappa shape index (κ3) is 5.15. The Bertz CT molecular complexity index is 747. The third-order valence-electron chi connectivity index (χ3n) is 5.56. The van der Waals surface area contributed by atoms with Crippen LogP contribution in [0.5, 0.6) is 11.5 Å². The molecule has 0 aromatic heterocycles. The predicted molar refractivity (Wildman–Crippen MR) is 105 cm³/mol. The highest BCUT2D eigenvalue weighted by Gasteiger charge is 2.47. The molecular formula is C20H30O12. The molecule has 2 saturated heterocycles. The summed E-state index contributed by atoms with van der Waals surface area (Å²) in [5, 5.41) is 69.8. The Morgan fingerprint density at radius 2 is 1.47 bits per heavy atom. The number of hydrogen-bond donors (Lipinski definition) is 7. The molecule has 1 aromatic carbocycles. The molecule has 0 unspecified atom stereocenters. The number of aliphatic hydroxyl groups is 7. The van der Waals surface area contributed by atoms with Gasteiger partial charge >= 0.3 is 0 Å². The van der Waals surface area contributed by atoms with Crippen molar-refractivity contribution >= 4 is 0 Å². The van der Waals surface area contributed by atoms with Gasteiger partial charge < -0.3 is 59.4 Å². The van der Waals surface area contributed by atoms with Gasteiger partial charge in [0.05, 0.1) is 26.4 Å². The van der Waals surface area contributed by atoms with E-state index in [9.17, 15) is 35.7 Å². The van der Waals surface area contributed by atoms with E-state index in [4.69, 9.17) is 23.7 Å². The molecule has 0 saturated carbocycles. The van der Waals surface area contributed by atoms with Crippen LogP contribution in [0.3, 0.4) is 0 Å². The second-order valence-corrected chi connectivity index (χ2v) is 7.79. The molecule has 0 aliphatic carbocycles. The molecule has 2 aliphatic rings. The van der Waals surface area contributed by atoms with Crippen molar-refractivity contribution in [2.45, 2.75) is 74.9 Å². The first-order chi connectivity index (χ1) is 15.2. The lowest BCUT2D eigenvalue weighted by Crippen LogP contribution is -2.61. The summed E-state index contributed by atoms with van der Waals surface area (Å²) in [5.74, 6) is 0.412. The van der Waals surface area contributed by atoms with Crippen molar-refractivity contribution in [2.75, 3.05) is 13.7 Å². The van der Waals surface area contributed by atoms with Gasteiger partial charge in [0.2, 0.25) is 6.29 Å². The van der Waals surface area contributed by atoms with Crippen molar-refractivity contribution in [1.29, 1.82) is 0 Å². The lowest BCUT2D eigenvalue weighted by molar-refractivity contribution is -0.318. The number of hydrogen-bond acceptors (Lipinski definition) is 12. The van der Waals surface area contributed by atoms with Crippen LogP contribution in [0.15, 0.2) is 18.2 Å². The van der Waals surface area contributed by atoms with Crippen LogP contribution in [0.25, 0.3) is 0 Å². The van der Waals surface area contributed by atoms with E-state index in [1.54, 1.807) is 6.07 Å². The number of ether oxygens (including phenoxy) is 5. The van der Waals surface area contributed by atoms with Crippen molar-refractivity contribution in [1.82, 2.24) is 0 Å². The zero-order valence-corrected chi connectivity index (χ0v) is 17.6. The van der Waals surface area contributed by atoms with Gasteiger partial charge in [-0.2, -0.15) is 0 Å². The molecule has 10 atom stereocenters. The van der Waals surface area contributed by atoms with Gasteiger partial charge in [-0.3, -0.25) is 0 Å². The fourth-order valence-electron chi connectivity index (χ4n) is 3.53. The smallest absolute Gasteiger partial charge is 0.229 e. The van der Waals surface area contributed by atoms with Crippen LogP contribution in [-0.4, -0.2) is 111 Å². The highest BCUT2D eigenvalue weighted by Crippen LogP contribution is 2.32. The zero-order chi connectivity index (χ0) is 23.6. The molecule has 32 heavy (non-hydrogen) atoms.